The van der Waals surface area contributed by atoms with Crippen LogP contribution in [0.1, 0.15) is 32.4 Å². The van der Waals surface area contributed by atoms with E-state index >= 15 is 0 Å². The fourth-order valence-corrected chi connectivity index (χ4v) is 1.98. The highest BCUT2D eigenvalue weighted by atomic mass is 15.2. The summed E-state index contributed by atoms with van der Waals surface area (Å²) in [5, 5.41) is 0. The molecule has 1 heterocycles. The van der Waals surface area contributed by atoms with Crippen LogP contribution in [-0.2, 0) is 0 Å². The molecule has 1 aromatic rings. The van der Waals surface area contributed by atoms with Gasteiger partial charge >= 0.3 is 0 Å². The molecule has 1 rings (SSSR count). The average Bonchev–Trinajstić information content (AvgIpc) is 2.26. The van der Waals surface area contributed by atoms with Gasteiger partial charge in [-0.3, -0.25) is 9.88 Å². The molecule has 0 aliphatic heterocycles. The van der Waals surface area contributed by atoms with Crippen LogP contribution in [-0.4, -0.2) is 29.0 Å². The van der Waals surface area contributed by atoms with E-state index in [0.29, 0.717) is 12.6 Å². The van der Waals surface area contributed by atoms with E-state index in [2.05, 4.69) is 36.7 Å². The molecule has 15 heavy (non-hydrogen) atoms. The fraction of sp³-hybridized carbons (Fsp3) is 0.583. The van der Waals surface area contributed by atoms with Gasteiger partial charge < -0.3 is 5.73 Å². The van der Waals surface area contributed by atoms with Gasteiger partial charge in [0.1, 0.15) is 0 Å². The Kier molecular flexibility index (Phi) is 4.72. The molecule has 0 bridgehead atoms. The van der Waals surface area contributed by atoms with Gasteiger partial charge in [0.25, 0.3) is 0 Å². The van der Waals surface area contributed by atoms with Crippen LogP contribution in [0.2, 0.25) is 0 Å². The van der Waals surface area contributed by atoms with E-state index in [1.807, 2.05) is 12.3 Å². The lowest BCUT2D eigenvalue weighted by molar-refractivity contribution is 0.166. The molecule has 0 aliphatic carbocycles. The van der Waals surface area contributed by atoms with Crippen LogP contribution in [0.5, 0.6) is 0 Å². The molecular formula is C12H21N3. The molecule has 3 heteroatoms. The molecule has 0 saturated carbocycles. The Bertz CT molecular complexity index is 271. The minimum Gasteiger partial charge on any atom is -0.329 e. The highest BCUT2D eigenvalue weighted by molar-refractivity contribution is 5.14. The zero-order chi connectivity index (χ0) is 11.3. The normalized spacial score (nSPS) is 13.5. The predicted octanol–water partition coefficient (Wildman–Crippen LogP) is 1.81. The third-order valence-electron chi connectivity index (χ3n) is 2.72. The van der Waals surface area contributed by atoms with Crippen LogP contribution in [0.4, 0.5) is 0 Å². The van der Waals surface area contributed by atoms with E-state index in [1.165, 1.54) is 5.56 Å². The van der Waals surface area contributed by atoms with Crippen molar-refractivity contribution in [3.8, 4) is 0 Å². The second-order valence-electron chi connectivity index (χ2n) is 3.96. The summed E-state index contributed by atoms with van der Waals surface area (Å²) in [5.41, 5.74) is 7.05. The van der Waals surface area contributed by atoms with Crippen molar-refractivity contribution in [3.63, 3.8) is 0 Å². The summed E-state index contributed by atoms with van der Waals surface area (Å²) >= 11 is 0. The standard InChI is InChI=1S/C12H21N3/c1-4-15(10(2)3)12(8-13)11-6-5-7-14-9-11/h5-7,9-10,12H,4,8,13H2,1-3H3. The molecule has 84 valence electrons. The minimum absolute atomic E-state index is 0.281. The van der Waals surface area contributed by atoms with Crippen molar-refractivity contribution in [2.75, 3.05) is 13.1 Å². The third-order valence-corrected chi connectivity index (χ3v) is 2.72. The first-order valence-electron chi connectivity index (χ1n) is 5.56. The van der Waals surface area contributed by atoms with Crippen molar-refractivity contribution in [3.05, 3.63) is 30.1 Å². The number of aromatic nitrogens is 1. The molecule has 1 aromatic heterocycles. The molecule has 0 saturated heterocycles. The maximum atomic E-state index is 5.85. The molecule has 1 atom stereocenters. The lowest BCUT2D eigenvalue weighted by Crippen LogP contribution is -2.38. The van der Waals surface area contributed by atoms with Gasteiger partial charge in [0.15, 0.2) is 0 Å². The molecule has 1 unspecified atom stereocenters. The Morgan fingerprint density at radius 3 is 2.60 bits per heavy atom. The van der Waals surface area contributed by atoms with Gasteiger partial charge in [-0.05, 0) is 32.0 Å². The Labute approximate surface area is 92.3 Å². The van der Waals surface area contributed by atoms with Crippen molar-refractivity contribution in [2.45, 2.75) is 32.9 Å². The highest BCUT2D eigenvalue weighted by Gasteiger charge is 2.19. The SMILES string of the molecule is CCN(C(C)C)C(CN)c1cccnc1. The summed E-state index contributed by atoms with van der Waals surface area (Å²) < 4.78 is 0. The van der Waals surface area contributed by atoms with Crippen molar-refractivity contribution in [1.82, 2.24) is 9.88 Å². The van der Waals surface area contributed by atoms with Crippen LogP contribution in [0.3, 0.4) is 0 Å². The molecule has 0 aromatic carbocycles. The molecule has 0 aliphatic rings. The summed E-state index contributed by atoms with van der Waals surface area (Å²) in [6.07, 6.45) is 3.70. The van der Waals surface area contributed by atoms with Crippen LogP contribution in [0.25, 0.3) is 0 Å². The Morgan fingerprint density at radius 2 is 2.20 bits per heavy atom. The van der Waals surface area contributed by atoms with E-state index in [9.17, 15) is 0 Å². The van der Waals surface area contributed by atoms with Crippen LogP contribution >= 0.6 is 0 Å². The van der Waals surface area contributed by atoms with Gasteiger partial charge in [0.05, 0.1) is 0 Å². The fourth-order valence-electron chi connectivity index (χ4n) is 1.98. The molecule has 0 fully saturated rings. The number of nitrogens with two attached hydrogens (primary N) is 1. The Balaban J connectivity index is 2.87. The van der Waals surface area contributed by atoms with Crippen molar-refractivity contribution >= 4 is 0 Å². The van der Waals surface area contributed by atoms with E-state index in [1.54, 1.807) is 6.20 Å². The van der Waals surface area contributed by atoms with Crippen LogP contribution in [0, 0.1) is 0 Å². The van der Waals surface area contributed by atoms with Crippen LogP contribution < -0.4 is 5.73 Å². The zero-order valence-electron chi connectivity index (χ0n) is 9.85. The summed E-state index contributed by atoms with van der Waals surface area (Å²) in [6.45, 7) is 8.20. The average molecular weight is 207 g/mol. The second kappa shape index (κ2) is 5.83. The molecule has 2 N–H and O–H groups in total. The first-order valence-corrected chi connectivity index (χ1v) is 5.56. The number of rotatable bonds is 5. The number of likely N-dealkylation sites (N-methyl/N-ethyl adjacent to an activating group) is 1. The molecule has 0 radical (unpaired) electrons. The topological polar surface area (TPSA) is 42.1 Å². The minimum atomic E-state index is 0.281. The van der Waals surface area contributed by atoms with E-state index in [4.69, 9.17) is 5.73 Å². The van der Waals surface area contributed by atoms with Gasteiger partial charge in [-0.1, -0.05) is 13.0 Å². The number of hydrogen-bond donors (Lipinski definition) is 1. The molecule has 3 nitrogen and oxygen atoms in total. The maximum absolute atomic E-state index is 5.85. The number of pyridine rings is 1. The monoisotopic (exact) mass is 207 g/mol. The zero-order valence-corrected chi connectivity index (χ0v) is 9.85. The Morgan fingerprint density at radius 1 is 1.47 bits per heavy atom. The third kappa shape index (κ3) is 3.01. The summed E-state index contributed by atoms with van der Waals surface area (Å²) in [4.78, 5) is 6.53. The van der Waals surface area contributed by atoms with E-state index < -0.39 is 0 Å². The lowest BCUT2D eigenvalue weighted by atomic mass is 10.1. The predicted molar refractivity (Wildman–Crippen MR) is 63.5 cm³/mol. The highest BCUT2D eigenvalue weighted by Crippen LogP contribution is 2.20. The van der Waals surface area contributed by atoms with Gasteiger partial charge in [-0.2, -0.15) is 0 Å². The first kappa shape index (κ1) is 12.1. The smallest absolute Gasteiger partial charge is 0.0488 e. The first-order chi connectivity index (χ1) is 7.20. The van der Waals surface area contributed by atoms with Gasteiger partial charge in [-0.25, -0.2) is 0 Å². The molecule has 0 amide bonds. The van der Waals surface area contributed by atoms with Gasteiger partial charge in [0, 0.05) is 31.0 Å². The number of nitrogens with zero attached hydrogens (tertiary/aromatic N) is 2. The van der Waals surface area contributed by atoms with Crippen molar-refractivity contribution < 1.29 is 0 Å². The Hall–Kier alpha value is -0.930. The quantitative estimate of drug-likeness (QED) is 0.800. The summed E-state index contributed by atoms with van der Waals surface area (Å²) in [6, 6.07) is 4.84. The van der Waals surface area contributed by atoms with Crippen LogP contribution in [0.15, 0.2) is 24.5 Å². The van der Waals surface area contributed by atoms with Crippen molar-refractivity contribution in [2.24, 2.45) is 5.73 Å². The number of hydrogen-bond acceptors (Lipinski definition) is 3. The van der Waals surface area contributed by atoms with E-state index in [0.717, 1.165) is 6.54 Å². The molecule has 0 spiro atoms. The molecular weight excluding hydrogens is 186 g/mol. The van der Waals surface area contributed by atoms with E-state index in [-0.39, 0.29) is 6.04 Å². The summed E-state index contributed by atoms with van der Waals surface area (Å²) in [5.74, 6) is 0. The lowest BCUT2D eigenvalue weighted by Gasteiger charge is -2.33. The maximum Gasteiger partial charge on any atom is 0.0488 e. The van der Waals surface area contributed by atoms with Crippen molar-refractivity contribution in [1.29, 1.82) is 0 Å². The van der Waals surface area contributed by atoms with Gasteiger partial charge in [0.2, 0.25) is 0 Å². The van der Waals surface area contributed by atoms with Gasteiger partial charge in [-0.15, -0.1) is 0 Å². The second-order valence-corrected chi connectivity index (χ2v) is 3.96. The summed E-state index contributed by atoms with van der Waals surface area (Å²) in [7, 11) is 0. The largest absolute Gasteiger partial charge is 0.329 e.